The number of methoxy groups -OCH3 is 1. The number of nitrogens with zero attached hydrogens (tertiary/aromatic N) is 6. The molecule has 1 N–H and O–H groups in total. The summed E-state index contributed by atoms with van der Waals surface area (Å²) in [4.78, 5) is 24.4. The van der Waals surface area contributed by atoms with Gasteiger partial charge in [0.15, 0.2) is 11.5 Å². The predicted octanol–water partition coefficient (Wildman–Crippen LogP) is 1.06. The predicted molar refractivity (Wildman–Crippen MR) is 97.5 cm³/mol. The van der Waals surface area contributed by atoms with Crippen molar-refractivity contribution < 1.29 is 9.53 Å². The quantitative estimate of drug-likeness (QED) is 0.848. The number of piperidine rings is 1. The number of carbonyl (C=O) groups is 1. The van der Waals surface area contributed by atoms with Crippen molar-refractivity contribution in [3.63, 3.8) is 0 Å². The molecule has 1 fully saturated rings. The first-order chi connectivity index (χ1) is 12.6. The summed E-state index contributed by atoms with van der Waals surface area (Å²) in [6.45, 7) is 1.33. The fraction of sp³-hybridized carbons (Fsp3) is 0.471. The van der Waals surface area contributed by atoms with Crippen LogP contribution in [0.25, 0.3) is 0 Å². The van der Waals surface area contributed by atoms with E-state index in [0.29, 0.717) is 24.7 Å². The maximum absolute atomic E-state index is 12.6. The Morgan fingerprint density at radius 2 is 2.00 bits per heavy atom. The van der Waals surface area contributed by atoms with Crippen molar-refractivity contribution >= 4 is 17.5 Å². The number of ether oxygens (including phenoxy) is 1. The third-order valence-electron chi connectivity index (χ3n) is 4.31. The topological polar surface area (TPSA) is 96.4 Å². The molecule has 0 radical (unpaired) electrons. The number of hydrogen-bond donors (Lipinski definition) is 1. The zero-order valence-corrected chi connectivity index (χ0v) is 15.2. The standard InChI is InChI=1S/C17H23N7O2/c1-23(2)15-5-4-13(21-22-15)17(25)24-8-6-12(7-9-24)20-14-10-16(26-3)19-11-18-14/h4-5,10-12H,6-9H2,1-3H3,(H,18,19,20). The molecule has 138 valence electrons. The highest BCUT2D eigenvalue weighted by Crippen LogP contribution is 2.18. The number of rotatable bonds is 5. The van der Waals surface area contributed by atoms with Gasteiger partial charge < -0.3 is 19.9 Å². The minimum atomic E-state index is -0.0787. The van der Waals surface area contributed by atoms with Gasteiger partial charge in [0.05, 0.1) is 7.11 Å². The van der Waals surface area contributed by atoms with Crippen molar-refractivity contribution in [1.29, 1.82) is 0 Å². The van der Waals surface area contributed by atoms with Gasteiger partial charge in [-0.3, -0.25) is 4.79 Å². The summed E-state index contributed by atoms with van der Waals surface area (Å²) in [5.74, 6) is 1.90. The smallest absolute Gasteiger partial charge is 0.274 e. The molecule has 2 aromatic heterocycles. The molecule has 1 aliphatic rings. The number of aromatic nitrogens is 4. The molecule has 0 aromatic carbocycles. The molecular weight excluding hydrogens is 334 g/mol. The average Bonchev–Trinajstić information content (AvgIpc) is 2.68. The van der Waals surface area contributed by atoms with Crippen LogP contribution >= 0.6 is 0 Å². The van der Waals surface area contributed by atoms with Crippen LogP contribution in [0.15, 0.2) is 24.5 Å². The molecule has 0 aliphatic carbocycles. The summed E-state index contributed by atoms with van der Waals surface area (Å²) in [6, 6.07) is 5.54. The lowest BCUT2D eigenvalue weighted by atomic mass is 10.0. The average molecular weight is 357 g/mol. The minimum Gasteiger partial charge on any atom is -0.481 e. The van der Waals surface area contributed by atoms with Gasteiger partial charge in [-0.15, -0.1) is 10.2 Å². The van der Waals surface area contributed by atoms with Gasteiger partial charge >= 0.3 is 0 Å². The summed E-state index contributed by atoms with van der Waals surface area (Å²) >= 11 is 0. The van der Waals surface area contributed by atoms with Gasteiger partial charge in [0.25, 0.3) is 5.91 Å². The van der Waals surface area contributed by atoms with E-state index in [4.69, 9.17) is 4.74 Å². The highest BCUT2D eigenvalue weighted by molar-refractivity contribution is 5.92. The zero-order valence-electron chi connectivity index (χ0n) is 15.2. The Hall–Kier alpha value is -2.97. The van der Waals surface area contributed by atoms with Crippen LogP contribution in [0.2, 0.25) is 0 Å². The van der Waals surface area contributed by atoms with E-state index in [1.807, 2.05) is 23.9 Å². The van der Waals surface area contributed by atoms with Crippen molar-refractivity contribution in [2.45, 2.75) is 18.9 Å². The van der Waals surface area contributed by atoms with Crippen LogP contribution in [0, 0.1) is 0 Å². The van der Waals surface area contributed by atoms with Gasteiger partial charge in [0.1, 0.15) is 12.1 Å². The summed E-state index contributed by atoms with van der Waals surface area (Å²) in [6.07, 6.45) is 3.14. The Morgan fingerprint density at radius 1 is 1.23 bits per heavy atom. The van der Waals surface area contributed by atoms with E-state index in [-0.39, 0.29) is 11.9 Å². The van der Waals surface area contributed by atoms with E-state index in [1.165, 1.54) is 6.33 Å². The van der Waals surface area contributed by atoms with Gasteiger partial charge in [-0.1, -0.05) is 0 Å². The summed E-state index contributed by atoms with van der Waals surface area (Å²) in [7, 11) is 5.34. The number of hydrogen-bond acceptors (Lipinski definition) is 8. The molecule has 1 amide bonds. The van der Waals surface area contributed by atoms with Crippen LogP contribution < -0.4 is 15.0 Å². The largest absolute Gasteiger partial charge is 0.481 e. The maximum Gasteiger partial charge on any atom is 0.274 e. The monoisotopic (exact) mass is 357 g/mol. The Balaban J connectivity index is 1.55. The molecule has 0 bridgehead atoms. The lowest BCUT2D eigenvalue weighted by Crippen LogP contribution is -2.42. The summed E-state index contributed by atoms with van der Waals surface area (Å²) in [5, 5.41) is 11.5. The third-order valence-corrected chi connectivity index (χ3v) is 4.31. The molecule has 0 spiro atoms. The molecule has 26 heavy (non-hydrogen) atoms. The lowest BCUT2D eigenvalue weighted by molar-refractivity contribution is 0.0711. The second-order valence-electron chi connectivity index (χ2n) is 6.33. The molecule has 0 unspecified atom stereocenters. The molecule has 9 heteroatoms. The Labute approximate surface area is 152 Å². The third kappa shape index (κ3) is 4.16. The molecule has 1 aliphatic heterocycles. The van der Waals surface area contributed by atoms with E-state index in [1.54, 1.807) is 25.3 Å². The Morgan fingerprint density at radius 3 is 2.62 bits per heavy atom. The van der Waals surface area contributed by atoms with Crippen LogP contribution in [0.5, 0.6) is 5.88 Å². The van der Waals surface area contributed by atoms with Gasteiger partial charge in [-0.05, 0) is 25.0 Å². The summed E-state index contributed by atoms with van der Waals surface area (Å²) in [5.41, 5.74) is 0.377. The fourth-order valence-electron chi connectivity index (χ4n) is 2.81. The second kappa shape index (κ2) is 7.94. The zero-order chi connectivity index (χ0) is 18.5. The van der Waals surface area contributed by atoms with Gasteiger partial charge in [-0.25, -0.2) is 9.97 Å². The van der Waals surface area contributed by atoms with E-state index in [9.17, 15) is 4.79 Å². The first-order valence-corrected chi connectivity index (χ1v) is 8.49. The van der Waals surface area contributed by atoms with E-state index >= 15 is 0 Å². The van der Waals surface area contributed by atoms with Gasteiger partial charge in [0, 0.05) is 39.3 Å². The highest BCUT2D eigenvalue weighted by atomic mass is 16.5. The van der Waals surface area contributed by atoms with E-state index in [0.717, 1.165) is 24.5 Å². The molecule has 3 heterocycles. The van der Waals surface area contributed by atoms with Crippen LogP contribution in [0.3, 0.4) is 0 Å². The van der Waals surface area contributed by atoms with E-state index in [2.05, 4.69) is 25.5 Å². The maximum atomic E-state index is 12.6. The van der Waals surface area contributed by atoms with Crippen LogP contribution in [0.4, 0.5) is 11.6 Å². The molecular formula is C17H23N7O2. The second-order valence-corrected chi connectivity index (χ2v) is 6.33. The number of carbonyl (C=O) groups excluding carboxylic acids is 1. The molecule has 1 saturated heterocycles. The molecule has 3 rings (SSSR count). The molecule has 9 nitrogen and oxygen atoms in total. The summed E-state index contributed by atoms with van der Waals surface area (Å²) < 4.78 is 5.10. The fourth-order valence-corrected chi connectivity index (χ4v) is 2.81. The first-order valence-electron chi connectivity index (χ1n) is 8.49. The van der Waals surface area contributed by atoms with E-state index < -0.39 is 0 Å². The van der Waals surface area contributed by atoms with Crippen molar-refractivity contribution in [1.82, 2.24) is 25.1 Å². The molecule has 0 saturated carbocycles. The Kier molecular flexibility index (Phi) is 5.45. The van der Waals surface area contributed by atoms with Crippen molar-refractivity contribution in [2.24, 2.45) is 0 Å². The Bertz CT molecular complexity index is 743. The minimum absolute atomic E-state index is 0.0787. The SMILES string of the molecule is COc1cc(NC2CCN(C(=O)c3ccc(N(C)C)nn3)CC2)ncn1. The number of likely N-dealkylation sites (tertiary alicyclic amines) is 1. The van der Waals surface area contributed by atoms with Crippen molar-refractivity contribution in [3.05, 3.63) is 30.2 Å². The number of amides is 1. The number of nitrogens with one attached hydrogen (secondary N) is 1. The van der Waals surface area contributed by atoms with Gasteiger partial charge in [-0.2, -0.15) is 0 Å². The first kappa shape index (κ1) is 17.8. The van der Waals surface area contributed by atoms with Gasteiger partial charge in [0.2, 0.25) is 5.88 Å². The van der Waals surface area contributed by atoms with Crippen molar-refractivity contribution in [2.75, 3.05) is 44.5 Å². The normalized spacial score (nSPS) is 14.8. The highest BCUT2D eigenvalue weighted by Gasteiger charge is 2.25. The molecule has 0 atom stereocenters. The van der Waals surface area contributed by atoms with Crippen LogP contribution in [0.1, 0.15) is 23.3 Å². The lowest BCUT2D eigenvalue weighted by Gasteiger charge is -2.32. The molecule has 2 aromatic rings. The van der Waals surface area contributed by atoms with Crippen LogP contribution in [-0.4, -0.2) is 71.3 Å². The number of anilines is 2. The van der Waals surface area contributed by atoms with Crippen molar-refractivity contribution in [3.8, 4) is 5.88 Å². The van der Waals surface area contributed by atoms with Crippen LogP contribution in [-0.2, 0) is 0 Å².